The minimum absolute atomic E-state index is 0.125. The Bertz CT molecular complexity index is 838. The highest BCUT2D eigenvalue weighted by Gasteiger charge is 2.45. The number of amides is 1. The topological polar surface area (TPSA) is 70.8 Å². The van der Waals surface area contributed by atoms with Gasteiger partial charge in [-0.1, -0.05) is 0 Å². The van der Waals surface area contributed by atoms with Gasteiger partial charge in [0.05, 0.1) is 13.2 Å². The van der Waals surface area contributed by atoms with E-state index in [1.165, 1.54) is 13.2 Å². The molecule has 1 aromatic carbocycles. The van der Waals surface area contributed by atoms with E-state index in [1.54, 1.807) is 23.2 Å². The first-order valence-electron chi connectivity index (χ1n) is 9.54. The molecule has 1 amide bonds. The van der Waals surface area contributed by atoms with E-state index < -0.39 is 5.60 Å². The third-order valence-electron chi connectivity index (χ3n) is 5.64. The van der Waals surface area contributed by atoms with Gasteiger partial charge in [0.15, 0.2) is 5.60 Å². The van der Waals surface area contributed by atoms with E-state index in [1.807, 2.05) is 16.9 Å². The summed E-state index contributed by atoms with van der Waals surface area (Å²) in [4.78, 5) is 16.6. The summed E-state index contributed by atoms with van der Waals surface area (Å²) >= 11 is 0. The Kier molecular flexibility index (Phi) is 5.07. The Morgan fingerprint density at radius 3 is 2.93 bits per heavy atom. The predicted octanol–water partition coefficient (Wildman–Crippen LogP) is 1.44. The number of carbonyl (C=O) groups excluding carboxylic acids is 1. The van der Waals surface area contributed by atoms with Crippen molar-refractivity contribution in [2.24, 2.45) is 0 Å². The number of benzene rings is 1. The van der Waals surface area contributed by atoms with Crippen LogP contribution in [0.25, 0.3) is 0 Å². The molecule has 3 heterocycles. The molecule has 2 saturated heterocycles. The van der Waals surface area contributed by atoms with Crippen LogP contribution in [0.3, 0.4) is 0 Å². The van der Waals surface area contributed by atoms with Crippen molar-refractivity contribution in [2.75, 3.05) is 33.3 Å². The van der Waals surface area contributed by atoms with E-state index in [4.69, 9.17) is 4.74 Å². The Labute approximate surface area is 163 Å². The van der Waals surface area contributed by atoms with E-state index in [0.717, 1.165) is 13.1 Å². The summed E-state index contributed by atoms with van der Waals surface area (Å²) in [5, 5.41) is 15.3. The Hall–Kier alpha value is -2.45. The average molecular weight is 388 g/mol. The van der Waals surface area contributed by atoms with Crippen molar-refractivity contribution in [1.82, 2.24) is 19.6 Å². The lowest BCUT2D eigenvalue weighted by Crippen LogP contribution is -2.61. The minimum Gasteiger partial charge on any atom is -0.497 e. The zero-order chi connectivity index (χ0) is 19.7. The number of halogens is 1. The molecule has 2 aliphatic rings. The standard InChI is InChI=1S/C20H25FN4O3/c1-28-17-4-5-18(21)15(10-17)11-24-8-2-6-20(27,19(24)26)14-23-12-16(13-23)25-9-3-7-22-25/h3-5,7,9-10,16,27H,2,6,8,11-14H2,1H3. The average Bonchev–Trinajstić information content (AvgIpc) is 3.18. The Morgan fingerprint density at radius 1 is 1.39 bits per heavy atom. The predicted molar refractivity (Wildman–Crippen MR) is 100 cm³/mol. The normalized spacial score (nSPS) is 23.7. The van der Waals surface area contributed by atoms with Gasteiger partial charge >= 0.3 is 0 Å². The van der Waals surface area contributed by atoms with Crippen molar-refractivity contribution in [3.63, 3.8) is 0 Å². The van der Waals surface area contributed by atoms with Crippen LogP contribution < -0.4 is 4.74 Å². The molecular weight excluding hydrogens is 363 g/mol. The van der Waals surface area contributed by atoms with E-state index in [2.05, 4.69) is 10.00 Å². The summed E-state index contributed by atoms with van der Waals surface area (Å²) in [7, 11) is 1.52. The number of hydrogen-bond acceptors (Lipinski definition) is 5. The molecule has 7 nitrogen and oxygen atoms in total. The largest absolute Gasteiger partial charge is 0.497 e. The van der Waals surface area contributed by atoms with Crippen LogP contribution in [0.4, 0.5) is 4.39 Å². The SMILES string of the molecule is COc1ccc(F)c(CN2CCCC(O)(CN3CC(n4cccn4)C3)C2=O)c1. The van der Waals surface area contributed by atoms with Gasteiger partial charge in [0, 0.05) is 50.7 Å². The lowest BCUT2D eigenvalue weighted by atomic mass is 9.89. The molecular formula is C20H25FN4O3. The first-order valence-corrected chi connectivity index (χ1v) is 9.54. The summed E-state index contributed by atoms with van der Waals surface area (Å²) in [5.74, 6) is -0.169. The molecule has 4 rings (SSSR count). The second-order valence-electron chi connectivity index (χ2n) is 7.65. The van der Waals surface area contributed by atoms with Crippen LogP contribution in [0.5, 0.6) is 5.75 Å². The molecule has 8 heteroatoms. The third kappa shape index (κ3) is 3.62. The van der Waals surface area contributed by atoms with E-state index in [9.17, 15) is 14.3 Å². The fourth-order valence-corrected chi connectivity index (χ4v) is 4.07. The molecule has 2 aliphatic heterocycles. The molecule has 1 atom stereocenters. The number of likely N-dealkylation sites (tertiary alicyclic amines) is 2. The Balaban J connectivity index is 1.40. The molecule has 0 saturated carbocycles. The smallest absolute Gasteiger partial charge is 0.256 e. The van der Waals surface area contributed by atoms with Gasteiger partial charge in [-0.2, -0.15) is 5.10 Å². The lowest BCUT2D eigenvalue weighted by Gasteiger charge is -2.46. The van der Waals surface area contributed by atoms with Crippen LogP contribution in [0.1, 0.15) is 24.4 Å². The number of rotatable bonds is 6. The zero-order valence-electron chi connectivity index (χ0n) is 15.9. The number of methoxy groups -OCH3 is 1. The van der Waals surface area contributed by atoms with Crippen molar-refractivity contribution in [3.05, 3.63) is 48.0 Å². The maximum atomic E-state index is 14.2. The van der Waals surface area contributed by atoms with E-state index in [-0.39, 0.29) is 24.3 Å². The molecule has 0 bridgehead atoms. The summed E-state index contributed by atoms with van der Waals surface area (Å²) in [5.41, 5.74) is -1.04. The maximum absolute atomic E-state index is 14.2. The number of nitrogens with zero attached hydrogens (tertiary/aromatic N) is 4. The van der Waals surface area contributed by atoms with Gasteiger partial charge in [0.2, 0.25) is 0 Å². The number of aliphatic hydroxyl groups is 1. The summed E-state index contributed by atoms with van der Waals surface area (Å²) < 4.78 is 21.2. The highest BCUT2D eigenvalue weighted by atomic mass is 19.1. The van der Waals surface area contributed by atoms with Gasteiger partial charge in [0.25, 0.3) is 5.91 Å². The molecule has 150 valence electrons. The number of piperidine rings is 1. The van der Waals surface area contributed by atoms with Crippen molar-refractivity contribution in [1.29, 1.82) is 0 Å². The molecule has 2 fully saturated rings. The van der Waals surface area contributed by atoms with E-state index >= 15 is 0 Å². The molecule has 28 heavy (non-hydrogen) atoms. The van der Waals surface area contributed by atoms with Gasteiger partial charge in [-0.3, -0.25) is 14.4 Å². The van der Waals surface area contributed by atoms with Crippen molar-refractivity contribution >= 4 is 5.91 Å². The highest BCUT2D eigenvalue weighted by Crippen LogP contribution is 2.30. The second kappa shape index (κ2) is 7.52. The first kappa shape index (κ1) is 18.9. The highest BCUT2D eigenvalue weighted by molar-refractivity contribution is 5.86. The Morgan fingerprint density at radius 2 is 2.21 bits per heavy atom. The molecule has 1 unspecified atom stereocenters. The maximum Gasteiger partial charge on any atom is 0.256 e. The van der Waals surface area contributed by atoms with Gasteiger partial charge in [-0.25, -0.2) is 4.39 Å². The van der Waals surface area contributed by atoms with Crippen molar-refractivity contribution in [2.45, 2.75) is 31.0 Å². The number of carbonyl (C=O) groups is 1. The minimum atomic E-state index is -1.43. The van der Waals surface area contributed by atoms with Crippen LogP contribution in [-0.2, 0) is 11.3 Å². The monoisotopic (exact) mass is 388 g/mol. The molecule has 2 aromatic rings. The fraction of sp³-hybridized carbons (Fsp3) is 0.500. The molecule has 1 N–H and O–H groups in total. The van der Waals surface area contributed by atoms with E-state index in [0.29, 0.717) is 37.2 Å². The fourth-order valence-electron chi connectivity index (χ4n) is 4.07. The number of hydrogen-bond donors (Lipinski definition) is 1. The number of aromatic nitrogens is 2. The summed E-state index contributed by atoms with van der Waals surface area (Å²) in [6.07, 6.45) is 4.78. The molecule has 1 aromatic heterocycles. The van der Waals surface area contributed by atoms with Crippen molar-refractivity contribution in [3.8, 4) is 5.75 Å². The van der Waals surface area contributed by atoms with Gasteiger partial charge in [0.1, 0.15) is 11.6 Å². The van der Waals surface area contributed by atoms with Crippen LogP contribution in [-0.4, -0.2) is 69.5 Å². The van der Waals surface area contributed by atoms with Gasteiger partial charge in [-0.15, -0.1) is 0 Å². The number of β-amino-alcohol motifs (C(OH)–C–C–N with tert-alkyl or cyclic N) is 1. The van der Waals surface area contributed by atoms with Crippen LogP contribution >= 0.6 is 0 Å². The van der Waals surface area contributed by atoms with Crippen LogP contribution in [0.15, 0.2) is 36.7 Å². The molecule has 0 spiro atoms. The summed E-state index contributed by atoms with van der Waals surface area (Å²) in [6.45, 7) is 2.43. The molecule has 0 aliphatic carbocycles. The van der Waals surface area contributed by atoms with Crippen LogP contribution in [0.2, 0.25) is 0 Å². The second-order valence-corrected chi connectivity index (χ2v) is 7.65. The zero-order valence-corrected chi connectivity index (χ0v) is 15.9. The summed E-state index contributed by atoms with van der Waals surface area (Å²) in [6, 6.07) is 6.65. The quantitative estimate of drug-likeness (QED) is 0.811. The van der Waals surface area contributed by atoms with Gasteiger partial charge in [-0.05, 0) is 37.1 Å². The van der Waals surface area contributed by atoms with Gasteiger partial charge < -0.3 is 14.7 Å². The molecule has 0 radical (unpaired) electrons. The van der Waals surface area contributed by atoms with Crippen molar-refractivity contribution < 1.29 is 19.0 Å². The third-order valence-corrected chi connectivity index (χ3v) is 5.64. The number of ether oxygens (including phenoxy) is 1. The first-order chi connectivity index (χ1) is 13.5. The lowest BCUT2D eigenvalue weighted by molar-refractivity contribution is -0.162. The van der Waals surface area contributed by atoms with Crippen LogP contribution in [0, 0.1) is 5.82 Å².